The molecular formula is C13H17ClN2. The van der Waals surface area contributed by atoms with Crippen molar-refractivity contribution in [2.45, 2.75) is 26.2 Å². The number of aromatic nitrogens is 1. The maximum Gasteiger partial charge on any atom is 0.0490 e. The molecule has 0 saturated heterocycles. The van der Waals surface area contributed by atoms with Crippen molar-refractivity contribution in [3.63, 3.8) is 0 Å². The number of aromatic amines is 1. The maximum absolute atomic E-state index is 6.09. The number of halogens is 1. The van der Waals surface area contributed by atoms with E-state index in [0.29, 0.717) is 12.5 Å². The molecule has 0 aliphatic carbocycles. The Morgan fingerprint density at radius 3 is 2.69 bits per heavy atom. The van der Waals surface area contributed by atoms with Gasteiger partial charge < -0.3 is 10.7 Å². The Bertz CT molecular complexity index is 500. The predicted molar refractivity (Wildman–Crippen MR) is 70.2 cm³/mol. The van der Waals surface area contributed by atoms with Crippen LogP contribution in [0.3, 0.4) is 0 Å². The molecule has 0 spiro atoms. The van der Waals surface area contributed by atoms with Crippen LogP contribution in [0.15, 0.2) is 18.2 Å². The quantitative estimate of drug-likeness (QED) is 0.842. The fourth-order valence-electron chi connectivity index (χ4n) is 1.96. The fourth-order valence-corrected chi connectivity index (χ4v) is 2.21. The van der Waals surface area contributed by atoms with Crippen LogP contribution in [0.2, 0.25) is 5.02 Å². The van der Waals surface area contributed by atoms with Gasteiger partial charge in [-0.15, -0.1) is 0 Å². The second-order valence-corrected chi connectivity index (χ2v) is 4.88. The highest BCUT2D eigenvalue weighted by molar-refractivity contribution is 6.31. The molecule has 0 saturated carbocycles. The lowest BCUT2D eigenvalue weighted by molar-refractivity contribution is 0.835. The van der Waals surface area contributed by atoms with E-state index in [0.717, 1.165) is 11.4 Å². The molecule has 1 aromatic carbocycles. The summed E-state index contributed by atoms with van der Waals surface area (Å²) in [5, 5.41) is 1.96. The minimum absolute atomic E-state index is 0.497. The molecule has 1 heterocycles. The zero-order valence-corrected chi connectivity index (χ0v) is 10.4. The summed E-state index contributed by atoms with van der Waals surface area (Å²) in [4.78, 5) is 3.46. The van der Waals surface area contributed by atoms with Crippen LogP contribution in [0.1, 0.15) is 31.0 Å². The molecule has 0 aliphatic heterocycles. The summed E-state index contributed by atoms with van der Waals surface area (Å²) >= 11 is 6.09. The van der Waals surface area contributed by atoms with Crippen molar-refractivity contribution in [1.29, 1.82) is 0 Å². The molecule has 1 aromatic heterocycles. The molecule has 0 aliphatic rings. The van der Waals surface area contributed by atoms with Crippen LogP contribution in [0.25, 0.3) is 10.9 Å². The van der Waals surface area contributed by atoms with Crippen LogP contribution < -0.4 is 5.73 Å². The Morgan fingerprint density at radius 1 is 1.31 bits per heavy atom. The van der Waals surface area contributed by atoms with E-state index in [-0.39, 0.29) is 0 Å². The van der Waals surface area contributed by atoms with Gasteiger partial charge >= 0.3 is 0 Å². The number of rotatable bonds is 3. The average Bonchev–Trinajstić information content (AvgIpc) is 2.61. The van der Waals surface area contributed by atoms with Crippen molar-refractivity contribution < 1.29 is 0 Å². The topological polar surface area (TPSA) is 41.8 Å². The zero-order chi connectivity index (χ0) is 11.7. The van der Waals surface area contributed by atoms with Crippen LogP contribution in [-0.2, 0) is 6.42 Å². The second kappa shape index (κ2) is 4.48. The summed E-state index contributed by atoms with van der Waals surface area (Å²) in [5.41, 5.74) is 9.24. The Morgan fingerprint density at radius 2 is 2.06 bits per heavy atom. The number of nitrogens with two attached hydrogens (primary N) is 1. The molecule has 0 unspecified atom stereocenters. The van der Waals surface area contributed by atoms with Crippen LogP contribution >= 0.6 is 11.6 Å². The van der Waals surface area contributed by atoms with Gasteiger partial charge in [-0.2, -0.15) is 0 Å². The molecule has 3 N–H and O–H groups in total. The standard InChI is InChI=1S/C13H17ClN2/c1-8(2)12-7-10-6-11(14)5-9(3-4-15)13(10)16-12/h5-8,16H,3-4,15H2,1-2H3. The molecule has 0 amide bonds. The van der Waals surface area contributed by atoms with Crippen molar-refractivity contribution >= 4 is 22.5 Å². The number of hydrogen-bond acceptors (Lipinski definition) is 1. The minimum Gasteiger partial charge on any atom is -0.358 e. The van der Waals surface area contributed by atoms with Gasteiger partial charge in [-0.3, -0.25) is 0 Å². The van der Waals surface area contributed by atoms with Crippen molar-refractivity contribution in [3.8, 4) is 0 Å². The third-order valence-corrected chi connectivity index (χ3v) is 3.05. The van der Waals surface area contributed by atoms with E-state index in [1.165, 1.54) is 22.2 Å². The molecule has 3 heteroatoms. The van der Waals surface area contributed by atoms with Gasteiger partial charge in [-0.05, 0) is 42.6 Å². The third kappa shape index (κ3) is 2.08. The van der Waals surface area contributed by atoms with Gasteiger partial charge in [0.25, 0.3) is 0 Å². The first-order valence-corrected chi connectivity index (χ1v) is 6.00. The SMILES string of the molecule is CC(C)c1cc2cc(Cl)cc(CCN)c2[nH]1. The summed E-state index contributed by atoms with van der Waals surface area (Å²) in [7, 11) is 0. The van der Waals surface area contributed by atoms with Crippen LogP contribution in [0.4, 0.5) is 0 Å². The molecule has 2 aromatic rings. The first-order valence-electron chi connectivity index (χ1n) is 5.63. The maximum atomic E-state index is 6.09. The Balaban J connectivity index is 2.60. The Labute approximate surface area is 101 Å². The van der Waals surface area contributed by atoms with Gasteiger partial charge in [0.15, 0.2) is 0 Å². The predicted octanol–water partition coefficient (Wildman–Crippen LogP) is 3.45. The van der Waals surface area contributed by atoms with E-state index in [4.69, 9.17) is 17.3 Å². The number of hydrogen-bond donors (Lipinski definition) is 2. The number of benzene rings is 1. The molecule has 0 atom stereocenters. The lowest BCUT2D eigenvalue weighted by Gasteiger charge is -2.03. The molecule has 2 nitrogen and oxygen atoms in total. The molecular weight excluding hydrogens is 220 g/mol. The lowest BCUT2D eigenvalue weighted by atomic mass is 10.1. The van der Waals surface area contributed by atoms with E-state index in [9.17, 15) is 0 Å². The van der Waals surface area contributed by atoms with Gasteiger partial charge in [-0.1, -0.05) is 25.4 Å². The second-order valence-electron chi connectivity index (χ2n) is 4.45. The van der Waals surface area contributed by atoms with Gasteiger partial charge in [-0.25, -0.2) is 0 Å². The van der Waals surface area contributed by atoms with E-state index >= 15 is 0 Å². The van der Waals surface area contributed by atoms with Crippen molar-refractivity contribution in [1.82, 2.24) is 4.98 Å². The highest BCUT2D eigenvalue weighted by atomic mass is 35.5. The van der Waals surface area contributed by atoms with Crippen LogP contribution in [-0.4, -0.2) is 11.5 Å². The molecule has 86 valence electrons. The fraction of sp³-hybridized carbons (Fsp3) is 0.385. The normalized spacial score (nSPS) is 11.6. The summed E-state index contributed by atoms with van der Waals surface area (Å²) in [5.74, 6) is 0.497. The molecule has 2 rings (SSSR count). The average molecular weight is 237 g/mol. The summed E-state index contributed by atoms with van der Waals surface area (Å²) < 4.78 is 0. The third-order valence-electron chi connectivity index (χ3n) is 2.83. The van der Waals surface area contributed by atoms with E-state index < -0.39 is 0 Å². The lowest BCUT2D eigenvalue weighted by Crippen LogP contribution is -2.03. The van der Waals surface area contributed by atoms with Gasteiger partial charge in [0.05, 0.1) is 0 Å². The Kier molecular flexibility index (Phi) is 3.22. The summed E-state index contributed by atoms with van der Waals surface area (Å²) in [6, 6.07) is 6.17. The first kappa shape index (κ1) is 11.5. The highest BCUT2D eigenvalue weighted by Crippen LogP contribution is 2.27. The largest absolute Gasteiger partial charge is 0.358 e. The van der Waals surface area contributed by atoms with Gasteiger partial charge in [0.2, 0.25) is 0 Å². The van der Waals surface area contributed by atoms with E-state index in [1.54, 1.807) is 0 Å². The van der Waals surface area contributed by atoms with Crippen LogP contribution in [0, 0.1) is 0 Å². The minimum atomic E-state index is 0.497. The highest BCUT2D eigenvalue weighted by Gasteiger charge is 2.08. The molecule has 0 fully saturated rings. The Hall–Kier alpha value is -0.990. The van der Waals surface area contributed by atoms with Gasteiger partial charge in [0, 0.05) is 21.6 Å². The van der Waals surface area contributed by atoms with Crippen molar-refractivity contribution in [3.05, 3.63) is 34.5 Å². The van der Waals surface area contributed by atoms with E-state index in [2.05, 4.69) is 24.9 Å². The molecule has 0 bridgehead atoms. The summed E-state index contributed by atoms with van der Waals surface area (Å²) in [6.45, 7) is 5.00. The number of H-pyrrole nitrogens is 1. The molecule has 0 radical (unpaired) electrons. The molecule has 16 heavy (non-hydrogen) atoms. The van der Waals surface area contributed by atoms with E-state index in [1.807, 2.05) is 12.1 Å². The summed E-state index contributed by atoms with van der Waals surface area (Å²) in [6.07, 6.45) is 0.856. The van der Waals surface area contributed by atoms with Crippen LogP contribution in [0.5, 0.6) is 0 Å². The van der Waals surface area contributed by atoms with Crippen molar-refractivity contribution in [2.75, 3.05) is 6.54 Å². The van der Waals surface area contributed by atoms with Gasteiger partial charge in [0.1, 0.15) is 0 Å². The smallest absolute Gasteiger partial charge is 0.0490 e. The first-order chi connectivity index (χ1) is 7.61. The van der Waals surface area contributed by atoms with Crippen molar-refractivity contribution in [2.24, 2.45) is 5.73 Å². The zero-order valence-electron chi connectivity index (χ0n) is 9.68. The monoisotopic (exact) mass is 236 g/mol. The number of nitrogens with one attached hydrogen (secondary N) is 1. The number of fused-ring (bicyclic) bond motifs is 1.